The highest BCUT2D eigenvalue weighted by molar-refractivity contribution is 5.58. The standard InChI is InChI=1S/C9H9N5O2/c1-16-9(5-15)8-3-2-7(4-10-8)14-6-11-12-13-14/h2-6,9H,1H3/t9-/m0/s1. The summed E-state index contributed by atoms with van der Waals surface area (Å²) < 4.78 is 6.41. The highest BCUT2D eigenvalue weighted by Crippen LogP contribution is 2.12. The fourth-order valence-electron chi connectivity index (χ4n) is 1.23. The molecule has 0 spiro atoms. The molecule has 7 heteroatoms. The second-order valence-electron chi connectivity index (χ2n) is 2.99. The highest BCUT2D eigenvalue weighted by Gasteiger charge is 2.10. The van der Waals surface area contributed by atoms with E-state index in [1.165, 1.54) is 18.1 Å². The van der Waals surface area contributed by atoms with E-state index in [0.717, 1.165) is 5.69 Å². The number of tetrazole rings is 1. The summed E-state index contributed by atoms with van der Waals surface area (Å²) in [6, 6.07) is 3.45. The Balaban J connectivity index is 2.26. The van der Waals surface area contributed by atoms with Gasteiger partial charge in [0.2, 0.25) is 0 Å². The molecule has 0 amide bonds. The van der Waals surface area contributed by atoms with Crippen molar-refractivity contribution in [2.75, 3.05) is 7.11 Å². The van der Waals surface area contributed by atoms with Crippen LogP contribution in [0, 0.1) is 0 Å². The molecule has 2 aromatic rings. The summed E-state index contributed by atoms with van der Waals surface area (Å²) in [6.45, 7) is 0. The van der Waals surface area contributed by atoms with Gasteiger partial charge in [0.15, 0.2) is 12.4 Å². The Morgan fingerprint density at radius 2 is 2.38 bits per heavy atom. The maximum atomic E-state index is 10.6. The molecule has 82 valence electrons. The van der Waals surface area contributed by atoms with Crippen molar-refractivity contribution < 1.29 is 9.53 Å². The molecule has 0 bridgehead atoms. The zero-order chi connectivity index (χ0) is 11.4. The topological polar surface area (TPSA) is 82.8 Å². The lowest BCUT2D eigenvalue weighted by atomic mass is 10.2. The van der Waals surface area contributed by atoms with Crippen LogP contribution in [0.4, 0.5) is 0 Å². The van der Waals surface area contributed by atoms with E-state index in [0.29, 0.717) is 12.0 Å². The largest absolute Gasteiger partial charge is 0.368 e. The second kappa shape index (κ2) is 4.58. The van der Waals surface area contributed by atoms with Crippen LogP contribution in [0.2, 0.25) is 0 Å². The average molecular weight is 219 g/mol. The quantitative estimate of drug-likeness (QED) is 0.670. The van der Waals surface area contributed by atoms with E-state index >= 15 is 0 Å². The Bertz CT molecular complexity index is 453. The molecule has 2 heterocycles. The van der Waals surface area contributed by atoms with Crippen LogP contribution >= 0.6 is 0 Å². The molecule has 0 aliphatic carbocycles. The summed E-state index contributed by atoms with van der Waals surface area (Å²) in [7, 11) is 1.45. The van der Waals surface area contributed by atoms with E-state index in [1.807, 2.05) is 0 Å². The van der Waals surface area contributed by atoms with Gasteiger partial charge in [-0.1, -0.05) is 0 Å². The van der Waals surface area contributed by atoms with Crippen LogP contribution in [-0.4, -0.2) is 38.6 Å². The molecule has 1 atom stereocenters. The minimum atomic E-state index is -0.636. The summed E-state index contributed by atoms with van der Waals surface area (Å²) in [5.74, 6) is 0. The summed E-state index contributed by atoms with van der Waals surface area (Å²) in [5.41, 5.74) is 1.27. The fraction of sp³-hybridized carbons (Fsp3) is 0.222. The molecular weight excluding hydrogens is 210 g/mol. The Hall–Kier alpha value is -2.15. The van der Waals surface area contributed by atoms with Gasteiger partial charge in [-0.2, -0.15) is 4.68 Å². The van der Waals surface area contributed by atoms with Crippen LogP contribution in [0.1, 0.15) is 11.8 Å². The van der Waals surface area contributed by atoms with Crippen molar-refractivity contribution in [3.8, 4) is 5.69 Å². The number of methoxy groups -OCH3 is 1. The van der Waals surface area contributed by atoms with Crippen LogP contribution in [0.3, 0.4) is 0 Å². The summed E-state index contributed by atoms with van der Waals surface area (Å²) in [6.07, 6.45) is 3.09. The van der Waals surface area contributed by atoms with E-state index < -0.39 is 6.10 Å². The monoisotopic (exact) mass is 219 g/mol. The smallest absolute Gasteiger partial charge is 0.154 e. The van der Waals surface area contributed by atoms with Gasteiger partial charge in [0.05, 0.1) is 17.6 Å². The number of carbonyl (C=O) groups excluding carboxylic acids is 1. The van der Waals surface area contributed by atoms with Gasteiger partial charge < -0.3 is 9.53 Å². The number of rotatable bonds is 4. The Kier molecular flexibility index (Phi) is 2.97. The first-order valence-corrected chi connectivity index (χ1v) is 4.52. The first kappa shape index (κ1) is 10.4. The summed E-state index contributed by atoms with van der Waals surface area (Å²) >= 11 is 0. The number of nitrogens with zero attached hydrogens (tertiary/aromatic N) is 5. The number of pyridine rings is 1. The van der Waals surface area contributed by atoms with E-state index in [4.69, 9.17) is 4.74 Å². The van der Waals surface area contributed by atoms with E-state index in [9.17, 15) is 4.79 Å². The van der Waals surface area contributed by atoms with Gasteiger partial charge in [-0.15, -0.1) is 5.10 Å². The molecule has 0 aliphatic heterocycles. The Morgan fingerprint density at radius 1 is 1.50 bits per heavy atom. The molecule has 0 radical (unpaired) electrons. The van der Waals surface area contributed by atoms with Gasteiger partial charge in [0.1, 0.15) is 6.33 Å². The van der Waals surface area contributed by atoms with Gasteiger partial charge in [0, 0.05) is 7.11 Å². The predicted molar refractivity (Wildman–Crippen MR) is 52.8 cm³/mol. The average Bonchev–Trinajstić information content (AvgIpc) is 2.85. The van der Waals surface area contributed by atoms with Gasteiger partial charge >= 0.3 is 0 Å². The third kappa shape index (κ3) is 1.94. The first-order valence-electron chi connectivity index (χ1n) is 4.52. The molecule has 0 saturated heterocycles. The third-order valence-corrected chi connectivity index (χ3v) is 2.05. The second-order valence-corrected chi connectivity index (χ2v) is 2.99. The number of ether oxygens (including phenoxy) is 1. The Morgan fingerprint density at radius 3 is 2.88 bits per heavy atom. The maximum absolute atomic E-state index is 10.6. The minimum Gasteiger partial charge on any atom is -0.368 e. The van der Waals surface area contributed by atoms with E-state index in [1.54, 1.807) is 18.3 Å². The lowest BCUT2D eigenvalue weighted by molar-refractivity contribution is -0.116. The maximum Gasteiger partial charge on any atom is 0.154 e. The van der Waals surface area contributed by atoms with Crippen molar-refractivity contribution in [2.24, 2.45) is 0 Å². The summed E-state index contributed by atoms with van der Waals surface area (Å²) in [5, 5.41) is 10.7. The van der Waals surface area contributed by atoms with Crippen molar-refractivity contribution in [1.82, 2.24) is 25.2 Å². The number of carbonyl (C=O) groups is 1. The normalized spacial score (nSPS) is 12.3. The van der Waals surface area contributed by atoms with Gasteiger partial charge in [0.25, 0.3) is 0 Å². The number of hydrogen-bond acceptors (Lipinski definition) is 6. The number of aromatic nitrogens is 5. The van der Waals surface area contributed by atoms with Gasteiger partial charge in [-0.25, -0.2) is 0 Å². The highest BCUT2D eigenvalue weighted by atomic mass is 16.5. The van der Waals surface area contributed by atoms with Crippen LogP contribution in [0.25, 0.3) is 5.69 Å². The summed E-state index contributed by atoms with van der Waals surface area (Å²) in [4.78, 5) is 14.8. The Labute approximate surface area is 91.1 Å². The SMILES string of the molecule is CO[C@@H](C=O)c1ccc(-n2cnnn2)cn1. The molecule has 0 aliphatic rings. The van der Waals surface area contributed by atoms with Crippen LogP contribution in [0.5, 0.6) is 0 Å². The minimum absolute atomic E-state index is 0.550. The van der Waals surface area contributed by atoms with Crippen LogP contribution in [-0.2, 0) is 9.53 Å². The molecule has 0 fully saturated rings. The molecule has 0 unspecified atom stereocenters. The fourth-order valence-corrected chi connectivity index (χ4v) is 1.23. The molecule has 0 aromatic carbocycles. The third-order valence-electron chi connectivity index (χ3n) is 2.05. The van der Waals surface area contributed by atoms with Crippen molar-refractivity contribution in [3.63, 3.8) is 0 Å². The van der Waals surface area contributed by atoms with Crippen molar-refractivity contribution in [3.05, 3.63) is 30.4 Å². The molecule has 0 saturated carbocycles. The number of aldehydes is 1. The van der Waals surface area contributed by atoms with E-state index in [2.05, 4.69) is 20.5 Å². The lowest BCUT2D eigenvalue weighted by Crippen LogP contribution is -2.06. The molecular formula is C9H9N5O2. The predicted octanol–water partition coefficient (Wildman–Crippen LogP) is -0.0563. The molecule has 16 heavy (non-hydrogen) atoms. The molecule has 7 nitrogen and oxygen atoms in total. The molecule has 2 aromatic heterocycles. The van der Waals surface area contributed by atoms with Crippen molar-refractivity contribution in [1.29, 1.82) is 0 Å². The van der Waals surface area contributed by atoms with Crippen molar-refractivity contribution in [2.45, 2.75) is 6.10 Å². The zero-order valence-electron chi connectivity index (χ0n) is 8.52. The molecule has 2 rings (SSSR count). The van der Waals surface area contributed by atoms with Crippen LogP contribution in [0.15, 0.2) is 24.7 Å². The van der Waals surface area contributed by atoms with Crippen LogP contribution < -0.4 is 0 Å². The van der Waals surface area contributed by atoms with Crippen molar-refractivity contribution >= 4 is 6.29 Å². The van der Waals surface area contributed by atoms with E-state index in [-0.39, 0.29) is 0 Å². The number of hydrogen-bond donors (Lipinski definition) is 0. The zero-order valence-corrected chi connectivity index (χ0v) is 8.52. The first-order chi connectivity index (χ1) is 7.85. The lowest BCUT2D eigenvalue weighted by Gasteiger charge is -2.07. The van der Waals surface area contributed by atoms with Gasteiger partial charge in [-0.05, 0) is 22.6 Å². The molecule has 0 N–H and O–H groups in total. The van der Waals surface area contributed by atoms with Gasteiger partial charge in [-0.3, -0.25) is 4.98 Å².